The Morgan fingerprint density at radius 3 is 2.61 bits per heavy atom. The fourth-order valence-corrected chi connectivity index (χ4v) is 4.48. The van der Waals surface area contributed by atoms with Crippen molar-refractivity contribution in [2.24, 2.45) is 0 Å². The first-order valence-electron chi connectivity index (χ1n) is 12.4. The molecule has 0 aliphatic carbocycles. The summed E-state index contributed by atoms with van der Waals surface area (Å²) in [4.78, 5) is 22.0. The highest BCUT2D eigenvalue weighted by molar-refractivity contribution is 6.07. The quantitative estimate of drug-likeness (QED) is 0.419. The Morgan fingerprint density at radius 2 is 1.89 bits per heavy atom. The molecule has 0 radical (unpaired) electrons. The Bertz CT molecular complexity index is 1240. The minimum atomic E-state index is -0.770. The third kappa shape index (κ3) is 5.51. The molecule has 0 saturated carbocycles. The highest BCUT2D eigenvalue weighted by Gasteiger charge is 2.23. The number of rotatable bonds is 8. The Morgan fingerprint density at radius 1 is 1.06 bits per heavy atom. The van der Waals surface area contributed by atoms with Gasteiger partial charge in [-0.1, -0.05) is 6.92 Å². The monoisotopic (exact) mass is 498 g/mol. The summed E-state index contributed by atoms with van der Waals surface area (Å²) in [5.41, 5.74) is 2.01. The molecule has 2 aromatic carbocycles. The number of hydrogen-bond donors (Lipinski definition) is 1. The van der Waals surface area contributed by atoms with Crippen molar-refractivity contribution in [3.63, 3.8) is 0 Å². The molecule has 4 rings (SSSR count). The third-order valence-electron chi connectivity index (χ3n) is 6.31. The maximum Gasteiger partial charge on any atom is 0.341 e. The maximum absolute atomic E-state index is 14.6. The van der Waals surface area contributed by atoms with Crippen molar-refractivity contribution in [3.05, 3.63) is 53.7 Å². The number of fused-ring (bicyclic) bond motifs is 1. The van der Waals surface area contributed by atoms with E-state index >= 15 is 0 Å². The van der Waals surface area contributed by atoms with E-state index in [-0.39, 0.29) is 17.9 Å². The SMILES string of the molecule is CCOC(=O)c1cnc2cc(OCC)c(N3CCCN(CC)CC3)cc2c1Nc1ccc(F)cc1F. The number of esters is 1. The number of nitrogens with zero attached hydrogens (tertiary/aromatic N) is 3. The molecule has 2 heterocycles. The van der Waals surface area contributed by atoms with Crippen molar-refractivity contribution in [1.29, 1.82) is 0 Å². The highest BCUT2D eigenvalue weighted by atomic mass is 19.1. The fourth-order valence-electron chi connectivity index (χ4n) is 4.48. The molecule has 3 aromatic rings. The molecule has 1 N–H and O–H groups in total. The first-order chi connectivity index (χ1) is 17.4. The number of anilines is 3. The average Bonchev–Trinajstić information content (AvgIpc) is 3.11. The van der Waals surface area contributed by atoms with E-state index in [1.54, 1.807) is 6.92 Å². The van der Waals surface area contributed by atoms with Crippen LogP contribution < -0.4 is 15.0 Å². The summed E-state index contributed by atoms with van der Waals surface area (Å²) in [6, 6.07) is 7.04. The number of hydrogen-bond acceptors (Lipinski definition) is 7. The van der Waals surface area contributed by atoms with E-state index in [0.717, 1.165) is 57.0 Å². The molecule has 0 spiro atoms. The Kier molecular flexibility index (Phi) is 8.20. The van der Waals surface area contributed by atoms with Crippen molar-refractivity contribution in [1.82, 2.24) is 9.88 Å². The molecule has 1 aliphatic rings. The van der Waals surface area contributed by atoms with Gasteiger partial charge < -0.3 is 24.6 Å². The topological polar surface area (TPSA) is 66.9 Å². The van der Waals surface area contributed by atoms with Crippen molar-refractivity contribution < 1.29 is 23.0 Å². The number of likely N-dealkylation sites (N-methyl/N-ethyl adjacent to an activating group) is 1. The summed E-state index contributed by atoms with van der Waals surface area (Å²) >= 11 is 0. The molecular formula is C27H32F2N4O3. The molecule has 0 amide bonds. The van der Waals surface area contributed by atoms with Gasteiger partial charge in [-0.25, -0.2) is 13.6 Å². The lowest BCUT2D eigenvalue weighted by Gasteiger charge is -2.26. The van der Waals surface area contributed by atoms with E-state index in [0.29, 0.717) is 28.9 Å². The summed E-state index contributed by atoms with van der Waals surface area (Å²) in [7, 11) is 0. The van der Waals surface area contributed by atoms with Crippen LogP contribution >= 0.6 is 0 Å². The summed E-state index contributed by atoms with van der Waals surface area (Å²) < 4.78 is 39.4. The van der Waals surface area contributed by atoms with E-state index in [1.807, 2.05) is 19.1 Å². The van der Waals surface area contributed by atoms with Crippen LogP contribution in [-0.2, 0) is 4.74 Å². The lowest BCUT2D eigenvalue weighted by molar-refractivity contribution is 0.0527. The summed E-state index contributed by atoms with van der Waals surface area (Å²) in [6.45, 7) is 11.1. The van der Waals surface area contributed by atoms with Gasteiger partial charge in [0.15, 0.2) is 0 Å². The van der Waals surface area contributed by atoms with Crippen LogP contribution in [0.1, 0.15) is 37.6 Å². The molecule has 0 unspecified atom stereocenters. The minimum Gasteiger partial charge on any atom is -0.492 e. The normalized spacial score (nSPS) is 14.5. The van der Waals surface area contributed by atoms with Crippen molar-refractivity contribution in [3.8, 4) is 5.75 Å². The second-order valence-corrected chi connectivity index (χ2v) is 8.56. The van der Waals surface area contributed by atoms with E-state index < -0.39 is 17.6 Å². The van der Waals surface area contributed by atoms with Gasteiger partial charge in [-0.15, -0.1) is 0 Å². The zero-order chi connectivity index (χ0) is 25.7. The standard InChI is InChI=1S/C27H32F2N4O3/c1-4-32-10-7-11-33(13-12-32)24-15-19-23(16-25(24)35-5-2)30-17-20(27(34)36-6-3)26(19)31-22-9-8-18(28)14-21(22)29/h8-9,14-17H,4-7,10-13H2,1-3H3,(H,30,31). The van der Waals surface area contributed by atoms with Crippen LogP contribution in [0.3, 0.4) is 0 Å². The molecule has 1 saturated heterocycles. The fraction of sp³-hybridized carbons (Fsp3) is 0.407. The van der Waals surface area contributed by atoms with Crippen LogP contribution in [0.2, 0.25) is 0 Å². The van der Waals surface area contributed by atoms with E-state index in [2.05, 4.69) is 27.0 Å². The van der Waals surface area contributed by atoms with Crippen LogP contribution in [0, 0.1) is 11.6 Å². The van der Waals surface area contributed by atoms with Crippen molar-refractivity contribution >= 4 is 33.9 Å². The lowest BCUT2D eigenvalue weighted by atomic mass is 10.1. The molecule has 36 heavy (non-hydrogen) atoms. The maximum atomic E-state index is 14.6. The van der Waals surface area contributed by atoms with E-state index in [1.165, 1.54) is 12.3 Å². The van der Waals surface area contributed by atoms with Gasteiger partial charge in [-0.3, -0.25) is 4.98 Å². The van der Waals surface area contributed by atoms with Crippen LogP contribution in [0.4, 0.5) is 25.8 Å². The number of pyridine rings is 1. The summed E-state index contributed by atoms with van der Waals surface area (Å²) in [5, 5.41) is 3.62. The van der Waals surface area contributed by atoms with Gasteiger partial charge in [0.2, 0.25) is 0 Å². The van der Waals surface area contributed by atoms with Gasteiger partial charge in [-0.2, -0.15) is 0 Å². The lowest BCUT2D eigenvalue weighted by Crippen LogP contribution is -2.30. The van der Waals surface area contributed by atoms with Crippen molar-refractivity contribution in [2.45, 2.75) is 27.2 Å². The van der Waals surface area contributed by atoms with Crippen LogP contribution in [0.5, 0.6) is 5.75 Å². The zero-order valence-corrected chi connectivity index (χ0v) is 20.9. The minimum absolute atomic E-state index is 0.0400. The molecule has 1 fully saturated rings. The average molecular weight is 499 g/mol. The van der Waals surface area contributed by atoms with Gasteiger partial charge in [-0.05, 0) is 51.6 Å². The van der Waals surface area contributed by atoms with Gasteiger partial charge in [0.1, 0.15) is 22.9 Å². The molecule has 192 valence electrons. The first-order valence-corrected chi connectivity index (χ1v) is 12.4. The Balaban J connectivity index is 1.88. The molecule has 7 nitrogen and oxygen atoms in total. The first kappa shape index (κ1) is 25.6. The van der Waals surface area contributed by atoms with E-state index in [9.17, 15) is 13.6 Å². The molecule has 9 heteroatoms. The largest absolute Gasteiger partial charge is 0.492 e. The number of benzene rings is 2. The molecule has 0 bridgehead atoms. The number of nitrogens with one attached hydrogen (secondary N) is 1. The molecule has 0 atom stereocenters. The highest BCUT2D eigenvalue weighted by Crippen LogP contribution is 2.39. The summed E-state index contributed by atoms with van der Waals surface area (Å²) in [6.07, 6.45) is 2.41. The van der Waals surface area contributed by atoms with Crippen LogP contribution in [0.15, 0.2) is 36.5 Å². The predicted molar refractivity (Wildman–Crippen MR) is 137 cm³/mol. The number of carbonyl (C=O) groups excluding carboxylic acids is 1. The van der Waals surface area contributed by atoms with Gasteiger partial charge >= 0.3 is 5.97 Å². The number of aromatic nitrogens is 1. The Labute approximate surface area is 210 Å². The molecular weight excluding hydrogens is 466 g/mol. The van der Waals surface area contributed by atoms with Crippen LogP contribution in [0.25, 0.3) is 10.9 Å². The predicted octanol–water partition coefficient (Wildman–Crippen LogP) is 5.36. The number of carbonyl (C=O) groups is 1. The second-order valence-electron chi connectivity index (χ2n) is 8.56. The summed E-state index contributed by atoms with van der Waals surface area (Å²) in [5.74, 6) is -1.34. The van der Waals surface area contributed by atoms with Crippen molar-refractivity contribution in [2.75, 3.05) is 56.2 Å². The van der Waals surface area contributed by atoms with Gasteiger partial charge in [0.05, 0.1) is 35.8 Å². The number of halogens is 2. The smallest absolute Gasteiger partial charge is 0.341 e. The third-order valence-corrected chi connectivity index (χ3v) is 6.31. The molecule has 1 aromatic heterocycles. The Hall–Kier alpha value is -3.46. The van der Waals surface area contributed by atoms with Crippen LogP contribution in [-0.4, -0.2) is 61.8 Å². The zero-order valence-electron chi connectivity index (χ0n) is 20.9. The number of ether oxygens (including phenoxy) is 2. The molecule has 1 aliphatic heterocycles. The van der Waals surface area contributed by atoms with Gasteiger partial charge in [0.25, 0.3) is 0 Å². The van der Waals surface area contributed by atoms with E-state index in [4.69, 9.17) is 9.47 Å². The second kappa shape index (κ2) is 11.5. The van der Waals surface area contributed by atoms with Gasteiger partial charge in [0, 0.05) is 43.4 Å².